The Bertz CT molecular complexity index is 1310. The van der Waals surface area contributed by atoms with Crippen molar-refractivity contribution in [2.45, 2.75) is 18.9 Å². The van der Waals surface area contributed by atoms with Gasteiger partial charge in [-0.25, -0.2) is 9.80 Å². The highest BCUT2D eigenvalue weighted by Crippen LogP contribution is 2.43. The van der Waals surface area contributed by atoms with Gasteiger partial charge in [0.2, 0.25) is 0 Å². The number of rotatable bonds is 5. The van der Waals surface area contributed by atoms with E-state index in [0.717, 1.165) is 55.8 Å². The number of anilines is 2. The minimum atomic E-state index is -0.382. The van der Waals surface area contributed by atoms with Gasteiger partial charge >= 0.3 is 6.03 Å². The predicted octanol–water partition coefficient (Wildman–Crippen LogP) is 2.85. The highest BCUT2D eigenvalue weighted by atomic mass is 16.5. The molecule has 3 aliphatic rings. The predicted molar refractivity (Wildman–Crippen MR) is 142 cm³/mol. The monoisotopic (exact) mass is 501 g/mol. The van der Waals surface area contributed by atoms with Gasteiger partial charge < -0.3 is 20.3 Å². The third kappa shape index (κ3) is 4.48. The number of piperazine rings is 1. The lowest BCUT2D eigenvalue weighted by Gasteiger charge is -2.31. The number of carbonyl (C=O) groups excluding carboxylic acids is 2. The summed E-state index contributed by atoms with van der Waals surface area (Å²) >= 11 is 0. The van der Waals surface area contributed by atoms with Crippen molar-refractivity contribution in [2.75, 3.05) is 56.7 Å². The van der Waals surface area contributed by atoms with Gasteiger partial charge in [-0.05, 0) is 31.0 Å². The lowest BCUT2D eigenvalue weighted by Crippen LogP contribution is -2.49. The summed E-state index contributed by atoms with van der Waals surface area (Å²) in [6.07, 6.45) is 1.72. The third-order valence-corrected chi connectivity index (χ3v) is 7.44. The molecule has 0 atom stereocenters. The van der Waals surface area contributed by atoms with Gasteiger partial charge in [-0.1, -0.05) is 24.3 Å². The molecule has 3 heterocycles. The summed E-state index contributed by atoms with van der Waals surface area (Å²) in [5.74, 6) is -0.145. The molecule has 0 spiro atoms. The Morgan fingerprint density at radius 3 is 2.59 bits per heavy atom. The molecule has 0 bridgehead atoms. The van der Waals surface area contributed by atoms with Crippen LogP contribution in [0.25, 0.3) is 22.5 Å². The van der Waals surface area contributed by atoms with Crippen LogP contribution in [0, 0.1) is 0 Å². The Morgan fingerprint density at radius 2 is 1.84 bits per heavy atom. The first kappa shape index (κ1) is 23.7. The molecule has 2 aliphatic heterocycles. The average molecular weight is 502 g/mol. The number of hydrogen-bond donors (Lipinski definition) is 4. The van der Waals surface area contributed by atoms with E-state index in [1.807, 2.05) is 36.3 Å². The molecular formula is C27H31N7O3. The number of fused-ring (bicyclic) bond motifs is 3. The number of ether oxygens (including phenoxy) is 1. The van der Waals surface area contributed by atoms with Crippen molar-refractivity contribution < 1.29 is 14.3 Å². The standard InChI is InChI=1S/C27H31N7O3/c1-33(18-9-15-37-16-10-18)32-27(36)29-21-4-2-3-20-22(21)26(35)23-24(30-31-25(20)23)17-5-7-19(8-6-17)34-13-11-28-12-14-34/h2-8,18,28H,9-16H2,1H3,(H,30,31)(H2,29,32,36). The fourth-order valence-electron chi connectivity index (χ4n) is 5.43. The third-order valence-electron chi connectivity index (χ3n) is 7.44. The van der Waals surface area contributed by atoms with Crippen molar-refractivity contribution in [2.24, 2.45) is 0 Å². The number of ketones is 1. The van der Waals surface area contributed by atoms with Crippen LogP contribution < -0.4 is 21.0 Å². The van der Waals surface area contributed by atoms with E-state index >= 15 is 0 Å². The maximum atomic E-state index is 13.7. The summed E-state index contributed by atoms with van der Waals surface area (Å²) in [6.45, 7) is 5.26. The molecule has 3 aromatic rings. The minimum absolute atomic E-state index is 0.145. The van der Waals surface area contributed by atoms with Crippen LogP contribution in [-0.2, 0) is 4.74 Å². The molecular weight excluding hydrogens is 470 g/mol. The van der Waals surface area contributed by atoms with Crippen molar-refractivity contribution in [3.8, 4) is 22.5 Å². The summed E-state index contributed by atoms with van der Waals surface area (Å²) in [7, 11) is 1.85. The molecule has 10 nitrogen and oxygen atoms in total. The van der Waals surface area contributed by atoms with E-state index in [1.165, 1.54) is 0 Å². The van der Waals surface area contributed by atoms with Crippen molar-refractivity contribution in [3.05, 3.63) is 53.6 Å². The van der Waals surface area contributed by atoms with Crippen molar-refractivity contribution >= 4 is 23.2 Å². The SMILES string of the molecule is CN(NC(=O)Nc1cccc2c1C(=O)c1c(-c3ccc(N4CCNCC4)cc3)n[nH]c1-2)C1CCOCC1. The second kappa shape index (κ2) is 9.97. The van der Waals surface area contributed by atoms with Crippen molar-refractivity contribution in [3.63, 3.8) is 0 Å². The molecule has 6 rings (SSSR count). The number of aromatic amines is 1. The van der Waals surface area contributed by atoms with Gasteiger partial charge in [-0.2, -0.15) is 5.10 Å². The molecule has 192 valence electrons. The smallest absolute Gasteiger partial charge is 0.333 e. The highest BCUT2D eigenvalue weighted by Gasteiger charge is 2.35. The number of nitrogens with one attached hydrogen (secondary N) is 4. The molecule has 2 aromatic carbocycles. The van der Waals surface area contributed by atoms with E-state index in [2.05, 4.69) is 43.3 Å². The topological polar surface area (TPSA) is 115 Å². The summed E-state index contributed by atoms with van der Waals surface area (Å²) in [5.41, 5.74) is 8.46. The normalized spacial score (nSPS) is 17.6. The van der Waals surface area contributed by atoms with E-state index in [1.54, 1.807) is 6.07 Å². The van der Waals surface area contributed by atoms with Crippen LogP contribution in [0.4, 0.5) is 16.2 Å². The summed E-state index contributed by atoms with van der Waals surface area (Å²) < 4.78 is 5.41. The average Bonchev–Trinajstić information content (AvgIpc) is 3.50. The maximum absolute atomic E-state index is 13.7. The van der Waals surface area contributed by atoms with E-state index in [-0.39, 0.29) is 17.9 Å². The number of aromatic nitrogens is 2. The van der Waals surface area contributed by atoms with Crippen LogP contribution in [-0.4, -0.2) is 79.5 Å². The van der Waals surface area contributed by atoms with Crippen molar-refractivity contribution in [1.29, 1.82) is 0 Å². The van der Waals surface area contributed by atoms with E-state index < -0.39 is 0 Å². The molecule has 37 heavy (non-hydrogen) atoms. The van der Waals surface area contributed by atoms with Gasteiger partial charge in [-0.15, -0.1) is 0 Å². The minimum Gasteiger partial charge on any atom is -0.381 e. The van der Waals surface area contributed by atoms with Crippen LogP contribution in [0.15, 0.2) is 42.5 Å². The van der Waals surface area contributed by atoms with Gasteiger partial charge in [0, 0.05) is 69.3 Å². The zero-order valence-corrected chi connectivity index (χ0v) is 20.8. The van der Waals surface area contributed by atoms with Crippen LogP contribution in [0.2, 0.25) is 0 Å². The summed E-state index contributed by atoms with van der Waals surface area (Å²) in [4.78, 5) is 28.8. The van der Waals surface area contributed by atoms with E-state index in [9.17, 15) is 9.59 Å². The van der Waals surface area contributed by atoms with Gasteiger partial charge in [0.25, 0.3) is 0 Å². The quantitative estimate of drug-likeness (QED) is 0.311. The molecule has 0 radical (unpaired) electrons. The maximum Gasteiger partial charge on any atom is 0.333 e. The highest BCUT2D eigenvalue weighted by molar-refractivity contribution is 6.26. The van der Waals surface area contributed by atoms with Crippen LogP contribution in [0.5, 0.6) is 0 Å². The van der Waals surface area contributed by atoms with Gasteiger partial charge in [0.1, 0.15) is 5.69 Å². The number of carbonyl (C=O) groups is 2. The zero-order valence-electron chi connectivity index (χ0n) is 20.8. The van der Waals surface area contributed by atoms with Crippen LogP contribution in [0.1, 0.15) is 28.8 Å². The molecule has 10 heteroatoms. The first-order chi connectivity index (χ1) is 18.1. The molecule has 0 saturated carbocycles. The number of H-pyrrole nitrogens is 1. The second-order valence-electron chi connectivity index (χ2n) is 9.68. The Morgan fingerprint density at radius 1 is 1.08 bits per heavy atom. The number of hydrogen-bond acceptors (Lipinski definition) is 7. The molecule has 1 aliphatic carbocycles. The Labute approximate surface area is 215 Å². The lowest BCUT2D eigenvalue weighted by molar-refractivity contribution is 0.0312. The second-order valence-corrected chi connectivity index (χ2v) is 9.68. The molecule has 0 unspecified atom stereocenters. The Balaban J connectivity index is 1.21. The Hall–Kier alpha value is -3.73. The van der Waals surface area contributed by atoms with Crippen LogP contribution in [0.3, 0.4) is 0 Å². The number of amides is 2. The first-order valence-corrected chi connectivity index (χ1v) is 12.8. The fraction of sp³-hybridized carbons (Fsp3) is 0.370. The molecule has 1 aromatic heterocycles. The van der Waals surface area contributed by atoms with E-state index in [4.69, 9.17) is 4.74 Å². The molecule has 2 amide bonds. The summed E-state index contributed by atoms with van der Waals surface area (Å²) in [5, 5.41) is 15.6. The number of urea groups is 1. The fourth-order valence-corrected chi connectivity index (χ4v) is 5.43. The van der Waals surface area contributed by atoms with E-state index in [0.29, 0.717) is 41.4 Å². The Kier molecular flexibility index (Phi) is 6.37. The molecule has 2 saturated heterocycles. The van der Waals surface area contributed by atoms with Gasteiger partial charge in [0.05, 0.1) is 22.5 Å². The molecule has 4 N–H and O–H groups in total. The number of benzene rings is 2. The van der Waals surface area contributed by atoms with Gasteiger partial charge in [-0.3, -0.25) is 15.3 Å². The lowest BCUT2D eigenvalue weighted by atomic mass is 10.0. The van der Waals surface area contributed by atoms with Crippen LogP contribution >= 0.6 is 0 Å². The first-order valence-electron chi connectivity index (χ1n) is 12.8. The number of hydrazine groups is 1. The summed E-state index contributed by atoms with van der Waals surface area (Å²) in [6, 6.07) is 13.5. The largest absolute Gasteiger partial charge is 0.381 e. The molecule has 2 fully saturated rings. The van der Waals surface area contributed by atoms with Crippen molar-refractivity contribution in [1.82, 2.24) is 25.9 Å². The van der Waals surface area contributed by atoms with Gasteiger partial charge in [0.15, 0.2) is 5.78 Å². The number of nitrogens with zero attached hydrogens (tertiary/aromatic N) is 3. The zero-order chi connectivity index (χ0) is 25.4.